The van der Waals surface area contributed by atoms with E-state index in [2.05, 4.69) is 54.6 Å². The van der Waals surface area contributed by atoms with E-state index in [0.717, 1.165) is 5.56 Å². The molecule has 1 nitrogen and oxygen atoms in total. The number of rotatable bonds is 1. The lowest BCUT2D eigenvalue weighted by Crippen LogP contribution is -1.83. The van der Waals surface area contributed by atoms with Crippen molar-refractivity contribution in [3.63, 3.8) is 0 Å². The Hall–Kier alpha value is -2.80. The monoisotopic (exact) mass is 270 g/mol. The molecule has 0 aliphatic rings. The van der Waals surface area contributed by atoms with Gasteiger partial charge >= 0.3 is 0 Å². The van der Waals surface area contributed by atoms with Gasteiger partial charge in [0.2, 0.25) is 0 Å². The van der Waals surface area contributed by atoms with E-state index >= 15 is 0 Å². The molecule has 0 saturated carbocycles. The molecule has 0 radical (unpaired) electrons. The highest BCUT2D eigenvalue weighted by Gasteiger charge is 2.06. The summed E-state index contributed by atoms with van der Waals surface area (Å²) in [6.45, 7) is 0. The molecule has 4 aromatic carbocycles. The highest BCUT2D eigenvalue weighted by molar-refractivity contribution is 6.11. The Labute approximate surface area is 123 Å². The average Bonchev–Trinajstić information content (AvgIpc) is 2.55. The summed E-state index contributed by atoms with van der Waals surface area (Å²) in [6, 6.07) is 26.6. The third-order valence-corrected chi connectivity index (χ3v) is 3.96. The van der Waals surface area contributed by atoms with Gasteiger partial charge in [-0.3, -0.25) is 0 Å². The second-order valence-corrected chi connectivity index (χ2v) is 5.23. The van der Waals surface area contributed by atoms with Crippen LogP contribution in [0.15, 0.2) is 78.9 Å². The zero-order valence-electron chi connectivity index (χ0n) is 11.5. The molecule has 100 valence electrons. The van der Waals surface area contributed by atoms with Gasteiger partial charge in [0.1, 0.15) is 5.75 Å². The quantitative estimate of drug-likeness (QED) is 0.461. The number of hydrogen-bond donors (Lipinski definition) is 1. The van der Waals surface area contributed by atoms with Crippen molar-refractivity contribution in [1.82, 2.24) is 0 Å². The summed E-state index contributed by atoms with van der Waals surface area (Å²) in [5.41, 5.74) is 2.31. The van der Waals surface area contributed by atoms with Crippen LogP contribution in [0.3, 0.4) is 0 Å². The molecular formula is C20H14O. The summed E-state index contributed by atoms with van der Waals surface area (Å²) in [7, 11) is 0. The first-order valence-corrected chi connectivity index (χ1v) is 7.03. The molecule has 0 atom stereocenters. The van der Waals surface area contributed by atoms with Crippen molar-refractivity contribution in [2.45, 2.75) is 0 Å². The van der Waals surface area contributed by atoms with Crippen LogP contribution in [0.4, 0.5) is 0 Å². The molecule has 0 heterocycles. The fourth-order valence-electron chi connectivity index (χ4n) is 2.93. The van der Waals surface area contributed by atoms with Crippen LogP contribution in [0.1, 0.15) is 0 Å². The van der Waals surface area contributed by atoms with Crippen LogP contribution in [-0.4, -0.2) is 5.11 Å². The zero-order valence-corrected chi connectivity index (χ0v) is 11.5. The third kappa shape index (κ3) is 1.95. The fraction of sp³-hybridized carbons (Fsp3) is 0. The smallest absolute Gasteiger partial charge is 0.115 e. The maximum absolute atomic E-state index is 9.46. The first-order chi connectivity index (χ1) is 10.3. The van der Waals surface area contributed by atoms with Crippen molar-refractivity contribution < 1.29 is 5.11 Å². The van der Waals surface area contributed by atoms with Gasteiger partial charge in [-0.15, -0.1) is 0 Å². The largest absolute Gasteiger partial charge is 0.508 e. The number of fused-ring (bicyclic) bond motifs is 3. The van der Waals surface area contributed by atoms with Gasteiger partial charge in [-0.25, -0.2) is 0 Å². The lowest BCUT2D eigenvalue weighted by Gasteiger charge is -2.09. The van der Waals surface area contributed by atoms with Crippen molar-refractivity contribution >= 4 is 21.5 Å². The molecule has 1 N–H and O–H groups in total. The predicted octanol–water partition coefficient (Wildman–Crippen LogP) is 5.37. The van der Waals surface area contributed by atoms with E-state index in [9.17, 15) is 5.11 Å². The van der Waals surface area contributed by atoms with Crippen molar-refractivity contribution in [3.8, 4) is 16.9 Å². The van der Waals surface area contributed by atoms with E-state index in [1.54, 1.807) is 12.1 Å². The Morgan fingerprint density at radius 1 is 0.524 bits per heavy atom. The van der Waals surface area contributed by atoms with E-state index in [-0.39, 0.29) is 0 Å². The summed E-state index contributed by atoms with van der Waals surface area (Å²) >= 11 is 0. The molecular weight excluding hydrogens is 256 g/mol. The second kappa shape index (κ2) is 4.64. The van der Waals surface area contributed by atoms with Crippen LogP contribution >= 0.6 is 0 Å². The van der Waals surface area contributed by atoms with E-state index in [0.29, 0.717) is 5.75 Å². The number of phenolic OH excluding ortho intramolecular Hbond substituents is 1. The van der Waals surface area contributed by atoms with E-state index < -0.39 is 0 Å². The molecule has 0 saturated heterocycles. The normalized spacial score (nSPS) is 11.0. The van der Waals surface area contributed by atoms with Crippen LogP contribution in [0.5, 0.6) is 5.75 Å². The first-order valence-electron chi connectivity index (χ1n) is 7.03. The molecule has 0 unspecified atom stereocenters. The first kappa shape index (κ1) is 12.0. The predicted molar refractivity (Wildman–Crippen MR) is 88.6 cm³/mol. The van der Waals surface area contributed by atoms with Gasteiger partial charge in [0.15, 0.2) is 0 Å². The van der Waals surface area contributed by atoms with Gasteiger partial charge < -0.3 is 5.11 Å². The summed E-state index contributed by atoms with van der Waals surface area (Å²) in [5.74, 6) is 0.296. The summed E-state index contributed by atoms with van der Waals surface area (Å²) < 4.78 is 0. The number of benzene rings is 4. The average molecular weight is 270 g/mol. The van der Waals surface area contributed by atoms with Crippen LogP contribution in [0, 0.1) is 0 Å². The van der Waals surface area contributed by atoms with Crippen molar-refractivity contribution in [3.05, 3.63) is 78.9 Å². The van der Waals surface area contributed by atoms with E-state index in [4.69, 9.17) is 0 Å². The van der Waals surface area contributed by atoms with Gasteiger partial charge in [-0.1, -0.05) is 66.7 Å². The number of phenols is 1. The van der Waals surface area contributed by atoms with Gasteiger partial charge in [0.05, 0.1) is 0 Å². The molecule has 0 aromatic heterocycles. The molecule has 0 aliphatic carbocycles. The molecule has 0 spiro atoms. The standard InChI is InChI=1S/C20H14O/c21-16-11-8-15(9-12-16)18-6-3-7-19-17-5-2-1-4-14(17)10-13-20(18)19/h1-13,21H. The van der Waals surface area contributed by atoms with Gasteiger partial charge in [0, 0.05) is 0 Å². The topological polar surface area (TPSA) is 20.2 Å². The van der Waals surface area contributed by atoms with Crippen molar-refractivity contribution in [1.29, 1.82) is 0 Å². The Morgan fingerprint density at radius 2 is 1.29 bits per heavy atom. The van der Waals surface area contributed by atoms with Gasteiger partial charge in [0.25, 0.3) is 0 Å². The molecule has 0 amide bonds. The van der Waals surface area contributed by atoms with Crippen LogP contribution in [0.2, 0.25) is 0 Å². The van der Waals surface area contributed by atoms with Crippen LogP contribution in [-0.2, 0) is 0 Å². The Balaban J connectivity index is 2.06. The van der Waals surface area contributed by atoms with Gasteiger partial charge in [-0.05, 0) is 44.8 Å². The zero-order chi connectivity index (χ0) is 14.2. The second-order valence-electron chi connectivity index (χ2n) is 5.23. The molecule has 0 fully saturated rings. The number of aromatic hydroxyl groups is 1. The van der Waals surface area contributed by atoms with Crippen molar-refractivity contribution in [2.75, 3.05) is 0 Å². The minimum atomic E-state index is 0.296. The SMILES string of the molecule is Oc1ccc(-c2cccc3c2ccc2ccccc23)cc1. The Kier molecular flexibility index (Phi) is 2.65. The number of hydrogen-bond acceptors (Lipinski definition) is 1. The fourth-order valence-corrected chi connectivity index (χ4v) is 2.93. The molecule has 1 heteroatoms. The molecule has 0 aliphatic heterocycles. The Bertz CT molecular complexity index is 937. The van der Waals surface area contributed by atoms with E-state index in [1.165, 1.54) is 27.1 Å². The minimum Gasteiger partial charge on any atom is -0.508 e. The lowest BCUT2D eigenvalue weighted by atomic mass is 9.95. The molecule has 21 heavy (non-hydrogen) atoms. The van der Waals surface area contributed by atoms with Crippen LogP contribution in [0.25, 0.3) is 32.7 Å². The molecule has 4 aromatic rings. The maximum atomic E-state index is 9.46. The minimum absolute atomic E-state index is 0.296. The summed E-state index contributed by atoms with van der Waals surface area (Å²) in [5, 5.41) is 14.5. The molecule has 0 bridgehead atoms. The third-order valence-electron chi connectivity index (χ3n) is 3.96. The Morgan fingerprint density at radius 3 is 2.14 bits per heavy atom. The summed E-state index contributed by atoms with van der Waals surface area (Å²) in [4.78, 5) is 0. The molecule has 4 rings (SSSR count). The van der Waals surface area contributed by atoms with E-state index in [1.807, 2.05) is 12.1 Å². The van der Waals surface area contributed by atoms with Crippen LogP contribution < -0.4 is 0 Å². The van der Waals surface area contributed by atoms with Crippen molar-refractivity contribution in [2.24, 2.45) is 0 Å². The highest BCUT2D eigenvalue weighted by Crippen LogP contribution is 2.33. The lowest BCUT2D eigenvalue weighted by molar-refractivity contribution is 0.475. The van der Waals surface area contributed by atoms with Gasteiger partial charge in [-0.2, -0.15) is 0 Å². The maximum Gasteiger partial charge on any atom is 0.115 e. The summed E-state index contributed by atoms with van der Waals surface area (Å²) in [6.07, 6.45) is 0. The highest BCUT2D eigenvalue weighted by atomic mass is 16.3.